The minimum Gasteiger partial charge on any atom is -0.381 e. The molecule has 2 N–H and O–H groups in total. The third-order valence-corrected chi connectivity index (χ3v) is 4.21. The maximum atomic E-state index is 5.59. The first kappa shape index (κ1) is 19.0. The molecular weight excluding hydrogens is 294 g/mol. The van der Waals surface area contributed by atoms with Gasteiger partial charge in [-0.15, -0.1) is 11.3 Å². The summed E-state index contributed by atoms with van der Waals surface area (Å²) in [5, 5.41) is 8.79. The van der Waals surface area contributed by atoms with E-state index in [9.17, 15) is 0 Å². The van der Waals surface area contributed by atoms with Gasteiger partial charge in [0.15, 0.2) is 5.96 Å². The zero-order valence-electron chi connectivity index (χ0n) is 14.4. The standard InChI is InChI=1S/C17H31N3OS/c1-5-18-17(19-9-7-10-21-13-14(2)3)20-12-15(4)16-8-6-11-22-16/h6,8,11,14-15H,5,7,9-10,12-13H2,1-4H3,(H2,18,19,20). The summed E-state index contributed by atoms with van der Waals surface area (Å²) < 4.78 is 5.59. The molecule has 0 amide bonds. The third kappa shape index (κ3) is 8.39. The van der Waals surface area contributed by atoms with E-state index in [1.165, 1.54) is 4.88 Å². The second-order valence-electron chi connectivity index (χ2n) is 5.89. The van der Waals surface area contributed by atoms with Crippen LogP contribution in [0, 0.1) is 5.92 Å². The molecular formula is C17H31N3OS. The van der Waals surface area contributed by atoms with Crippen molar-refractivity contribution in [2.75, 3.05) is 32.8 Å². The number of thiophene rings is 1. The fraction of sp³-hybridized carbons (Fsp3) is 0.706. The van der Waals surface area contributed by atoms with E-state index in [-0.39, 0.29) is 0 Å². The molecule has 0 fully saturated rings. The Morgan fingerprint density at radius 1 is 1.32 bits per heavy atom. The van der Waals surface area contributed by atoms with Crippen molar-refractivity contribution in [1.82, 2.24) is 10.6 Å². The van der Waals surface area contributed by atoms with Crippen LogP contribution in [0.1, 0.15) is 44.9 Å². The van der Waals surface area contributed by atoms with Crippen molar-refractivity contribution in [3.63, 3.8) is 0 Å². The van der Waals surface area contributed by atoms with Crippen LogP contribution in [0.3, 0.4) is 0 Å². The number of nitrogens with zero attached hydrogens (tertiary/aromatic N) is 1. The lowest BCUT2D eigenvalue weighted by Gasteiger charge is -2.13. The van der Waals surface area contributed by atoms with Gasteiger partial charge >= 0.3 is 0 Å². The molecule has 0 aliphatic rings. The van der Waals surface area contributed by atoms with Crippen LogP contribution in [0.5, 0.6) is 0 Å². The lowest BCUT2D eigenvalue weighted by Crippen LogP contribution is -2.38. The molecule has 0 bridgehead atoms. The summed E-state index contributed by atoms with van der Waals surface area (Å²) in [4.78, 5) is 6.07. The van der Waals surface area contributed by atoms with Crippen LogP contribution in [-0.2, 0) is 4.74 Å². The minimum absolute atomic E-state index is 0.463. The van der Waals surface area contributed by atoms with Crippen LogP contribution in [-0.4, -0.2) is 38.8 Å². The predicted octanol–water partition coefficient (Wildman–Crippen LogP) is 3.47. The molecule has 1 atom stereocenters. The molecule has 0 radical (unpaired) electrons. The van der Waals surface area contributed by atoms with E-state index in [0.717, 1.165) is 45.2 Å². The lowest BCUT2D eigenvalue weighted by atomic mass is 10.1. The van der Waals surface area contributed by atoms with Gasteiger partial charge in [0.25, 0.3) is 0 Å². The fourth-order valence-electron chi connectivity index (χ4n) is 1.93. The first-order chi connectivity index (χ1) is 10.6. The van der Waals surface area contributed by atoms with E-state index >= 15 is 0 Å². The highest BCUT2D eigenvalue weighted by Crippen LogP contribution is 2.20. The molecule has 0 aliphatic carbocycles. The van der Waals surface area contributed by atoms with Gasteiger partial charge < -0.3 is 15.4 Å². The topological polar surface area (TPSA) is 45.7 Å². The quantitative estimate of drug-likeness (QED) is 0.393. The van der Waals surface area contributed by atoms with E-state index < -0.39 is 0 Å². The molecule has 1 aromatic rings. The van der Waals surface area contributed by atoms with Crippen molar-refractivity contribution in [1.29, 1.82) is 0 Å². The van der Waals surface area contributed by atoms with E-state index in [4.69, 9.17) is 4.74 Å². The highest BCUT2D eigenvalue weighted by Gasteiger charge is 2.06. The lowest BCUT2D eigenvalue weighted by molar-refractivity contribution is 0.108. The Morgan fingerprint density at radius 2 is 2.14 bits per heavy atom. The average Bonchev–Trinajstić information content (AvgIpc) is 3.01. The number of hydrogen-bond acceptors (Lipinski definition) is 3. The molecule has 0 spiro atoms. The van der Waals surface area contributed by atoms with Gasteiger partial charge in [-0.1, -0.05) is 26.8 Å². The summed E-state index contributed by atoms with van der Waals surface area (Å²) in [5.41, 5.74) is 0. The molecule has 0 aliphatic heterocycles. The van der Waals surface area contributed by atoms with Crippen LogP contribution in [0.2, 0.25) is 0 Å². The van der Waals surface area contributed by atoms with Crippen LogP contribution >= 0.6 is 11.3 Å². The van der Waals surface area contributed by atoms with Crippen molar-refractivity contribution in [2.24, 2.45) is 10.9 Å². The number of hydrogen-bond donors (Lipinski definition) is 2. The van der Waals surface area contributed by atoms with E-state index in [1.807, 2.05) is 0 Å². The monoisotopic (exact) mass is 325 g/mol. The summed E-state index contributed by atoms with van der Waals surface area (Å²) in [6.07, 6.45) is 0.998. The van der Waals surface area contributed by atoms with Crippen molar-refractivity contribution >= 4 is 17.3 Å². The SMILES string of the molecule is CCNC(=NCC(C)c1cccs1)NCCCOCC(C)C. The highest BCUT2D eigenvalue weighted by atomic mass is 32.1. The smallest absolute Gasteiger partial charge is 0.191 e. The molecule has 1 aromatic heterocycles. The fourth-order valence-corrected chi connectivity index (χ4v) is 2.71. The summed E-state index contributed by atoms with van der Waals surface area (Å²) in [7, 11) is 0. The first-order valence-electron chi connectivity index (χ1n) is 8.26. The Balaban J connectivity index is 2.27. The molecule has 126 valence electrons. The summed E-state index contributed by atoms with van der Waals surface area (Å²) >= 11 is 1.80. The second kappa shape index (κ2) is 11.5. The maximum absolute atomic E-state index is 5.59. The van der Waals surface area contributed by atoms with E-state index in [0.29, 0.717) is 11.8 Å². The zero-order valence-corrected chi connectivity index (χ0v) is 15.2. The summed E-state index contributed by atoms with van der Waals surface area (Å²) in [6.45, 7) is 12.9. The normalized spacial score (nSPS) is 13.4. The third-order valence-electron chi connectivity index (χ3n) is 3.11. The number of aliphatic imine (C=N–C) groups is 1. The Morgan fingerprint density at radius 3 is 2.77 bits per heavy atom. The van der Waals surface area contributed by atoms with Gasteiger partial charge in [-0.2, -0.15) is 0 Å². The van der Waals surface area contributed by atoms with Gasteiger partial charge in [0.2, 0.25) is 0 Å². The number of nitrogens with one attached hydrogen (secondary N) is 2. The summed E-state index contributed by atoms with van der Waals surface area (Å²) in [5.74, 6) is 1.96. The van der Waals surface area contributed by atoms with Crippen molar-refractivity contribution in [3.8, 4) is 0 Å². The van der Waals surface area contributed by atoms with Gasteiger partial charge in [-0.3, -0.25) is 4.99 Å². The maximum Gasteiger partial charge on any atom is 0.191 e. The molecule has 0 aromatic carbocycles. The second-order valence-corrected chi connectivity index (χ2v) is 6.86. The Hall–Kier alpha value is -1.07. The van der Waals surface area contributed by atoms with E-state index in [2.05, 4.69) is 60.8 Å². The van der Waals surface area contributed by atoms with Gasteiger partial charge in [-0.05, 0) is 30.7 Å². The van der Waals surface area contributed by atoms with Crippen LogP contribution < -0.4 is 10.6 Å². The van der Waals surface area contributed by atoms with Crippen LogP contribution in [0.15, 0.2) is 22.5 Å². The van der Waals surface area contributed by atoms with Gasteiger partial charge in [0.1, 0.15) is 0 Å². The predicted molar refractivity (Wildman–Crippen MR) is 97.0 cm³/mol. The zero-order chi connectivity index (χ0) is 16.2. The molecule has 1 unspecified atom stereocenters. The molecule has 4 nitrogen and oxygen atoms in total. The molecule has 5 heteroatoms. The Kier molecular flexibility index (Phi) is 9.91. The van der Waals surface area contributed by atoms with Crippen LogP contribution in [0.4, 0.5) is 0 Å². The molecule has 0 saturated carbocycles. The molecule has 0 saturated heterocycles. The first-order valence-corrected chi connectivity index (χ1v) is 9.14. The number of rotatable bonds is 10. The Labute approximate surface area is 139 Å². The number of ether oxygens (including phenoxy) is 1. The number of guanidine groups is 1. The van der Waals surface area contributed by atoms with Crippen molar-refractivity contribution in [2.45, 2.75) is 40.0 Å². The van der Waals surface area contributed by atoms with Gasteiger partial charge in [0.05, 0.1) is 6.54 Å². The molecule has 1 heterocycles. The summed E-state index contributed by atoms with van der Waals surface area (Å²) in [6, 6.07) is 4.28. The van der Waals surface area contributed by atoms with Gasteiger partial charge in [0, 0.05) is 37.1 Å². The van der Waals surface area contributed by atoms with Crippen molar-refractivity contribution < 1.29 is 4.74 Å². The average molecular weight is 326 g/mol. The van der Waals surface area contributed by atoms with E-state index in [1.54, 1.807) is 11.3 Å². The van der Waals surface area contributed by atoms with Gasteiger partial charge in [-0.25, -0.2) is 0 Å². The largest absolute Gasteiger partial charge is 0.381 e. The molecule has 22 heavy (non-hydrogen) atoms. The minimum atomic E-state index is 0.463. The molecule has 1 rings (SSSR count). The van der Waals surface area contributed by atoms with Crippen LogP contribution in [0.25, 0.3) is 0 Å². The highest BCUT2D eigenvalue weighted by molar-refractivity contribution is 7.10. The van der Waals surface area contributed by atoms with Crippen molar-refractivity contribution in [3.05, 3.63) is 22.4 Å². The Bertz CT molecular complexity index is 404.